The van der Waals surface area contributed by atoms with Crippen LogP contribution in [0, 0.1) is 11.3 Å². The first kappa shape index (κ1) is 76.6. The minimum atomic E-state index is -0.560. The summed E-state index contributed by atoms with van der Waals surface area (Å²) in [7, 11) is 8.69. The topological polar surface area (TPSA) is 248 Å². The Hall–Kier alpha value is -13.0. The van der Waals surface area contributed by atoms with Gasteiger partial charge in [-0.2, -0.15) is 15.5 Å². The number of piperidine rings is 4. The second-order valence-electron chi connectivity index (χ2n) is 30.4. The number of fused-ring (bicyclic) bond motifs is 16. The molecule has 0 saturated carbocycles. The lowest BCUT2D eigenvalue weighted by atomic mass is 9.81. The van der Waals surface area contributed by atoms with Gasteiger partial charge in [-0.1, -0.05) is 77.8 Å². The molecule has 24 nitrogen and oxygen atoms in total. The van der Waals surface area contributed by atoms with Crippen LogP contribution in [-0.2, 0) is 43.5 Å². The first-order chi connectivity index (χ1) is 56.7. The van der Waals surface area contributed by atoms with Gasteiger partial charge in [0.25, 0.3) is 23.6 Å². The smallest absolute Gasteiger partial charge is 0.257 e. The van der Waals surface area contributed by atoms with Crippen molar-refractivity contribution in [1.29, 1.82) is 5.26 Å². The number of phenols is 1. The molecule has 8 aliphatic rings. The molecule has 13 heterocycles. The van der Waals surface area contributed by atoms with Gasteiger partial charge in [0.2, 0.25) is 5.56 Å². The summed E-state index contributed by atoms with van der Waals surface area (Å²) in [6, 6.07) is 61.7. The van der Waals surface area contributed by atoms with Crippen molar-refractivity contribution in [3.8, 4) is 80.2 Å². The number of methoxy groups -OCH3 is 2. The Balaban J connectivity index is 0.000000112. The van der Waals surface area contributed by atoms with E-state index in [0.29, 0.717) is 140 Å². The van der Waals surface area contributed by atoms with Gasteiger partial charge >= 0.3 is 0 Å². The monoisotopic (exact) mass is 1610 g/mol. The van der Waals surface area contributed by atoms with Crippen LogP contribution in [0.25, 0.3) is 33.9 Å². The van der Waals surface area contributed by atoms with Crippen LogP contribution in [0.15, 0.2) is 224 Å². The number of halogens is 2. The zero-order valence-corrected chi connectivity index (χ0v) is 66.7. The third kappa shape index (κ3) is 13.8. The fourth-order valence-electron chi connectivity index (χ4n) is 17.8. The molecule has 12 aromatic rings. The Bertz CT molecular complexity index is 5960. The van der Waals surface area contributed by atoms with Crippen LogP contribution >= 0.6 is 23.2 Å². The summed E-state index contributed by atoms with van der Waals surface area (Å²) in [4.78, 5) is 71.0. The lowest BCUT2D eigenvalue weighted by Crippen LogP contribution is -2.50. The summed E-state index contributed by atoms with van der Waals surface area (Å²) >= 11 is 12.4. The van der Waals surface area contributed by atoms with Gasteiger partial charge in [-0.3, -0.25) is 37.9 Å². The fourth-order valence-corrected chi connectivity index (χ4v) is 18.2. The number of nitrogens with zero attached hydrogens (tertiary/aromatic N) is 12. The summed E-state index contributed by atoms with van der Waals surface area (Å²) in [5.41, 5.74) is 11.1. The largest absolute Gasteiger partial charge is 0.508 e. The SMILES string of the molecule is COc1c(Cl)cccc1C(=O)N1CCC2(CC1)Oc1ccccc1-c1c2cnn1C.COc1ccccc1C(=O)N1CCC2(CC1)Oc1ccccc1-c1c2cnn1C.Cn1cc(C(=O)N2CCC3(CC2)Oc2cc(Cl)ccc2-n2cccc23)ccc1=O.N#Cc1ccc2n1-c1ccccc1OC21CCN(C(=O)c2ccc(O)cc2)CC1. The number of carbonyl (C=O) groups excluding carboxylic acids is 4. The fraction of sp³-hybridized carbons (Fsp3) is 0.275. The van der Waals surface area contributed by atoms with Crippen LogP contribution < -0.4 is 34.0 Å². The molecule has 4 fully saturated rings. The van der Waals surface area contributed by atoms with Crippen molar-refractivity contribution >= 4 is 46.8 Å². The summed E-state index contributed by atoms with van der Waals surface area (Å²) in [5, 5.41) is 29.1. The van der Waals surface area contributed by atoms with E-state index in [1.165, 1.54) is 29.9 Å². The Morgan fingerprint density at radius 2 is 0.974 bits per heavy atom. The maximum atomic E-state index is 13.2. The number of para-hydroxylation sites is 6. The molecule has 20 rings (SSSR count). The molecule has 7 aromatic carbocycles. The van der Waals surface area contributed by atoms with Gasteiger partial charge in [-0.05, 0) is 127 Å². The Morgan fingerprint density at radius 3 is 1.56 bits per heavy atom. The molecule has 0 atom stereocenters. The van der Waals surface area contributed by atoms with Crippen molar-refractivity contribution < 1.29 is 52.7 Å². The lowest BCUT2D eigenvalue weighted by molar-refractivity contribution is -0.00981. The number of aromatic hydroxyl groups is 1. The molecule has 4 spiro atoms. The number of nitriles is 1. The predicted octanol–water partition coefficient (Wildman–Crippen LogP) is 14.8. The normalized spacial score (nSPS) is 16.6. The molecule has 0 unspecified atom stereocenters. The van der Waals surface area contributed by atoms with Crippen molar-refractivity contribution in [2.75, 3.05) is 66.6 Å². The maximum absolute atomic E-state index is 13.2. The standard InChI is InChI=1S/C23H22ClN3O3.C23H23N3O3.C23H19N3O3.C22H20ClN3O3/c1-26-20-15-6-3-4-9-19(15)30-23(17(20)14-25-26)10-12-27(13-11-23)22(28)16-7-5-8-18(24)21(16)29-2;1-25-21-16-7-3-6-10-20(16)29-23(18(21)15-24-25)11-13-26(14-12-23)22(27)17-8-4-5-9-19(17)28-2;24-15-17-7-10-21-23(29-20-4-2-1-3-19(20)26(17)21)11-13-25(14-12-23)22(28)16-5-8-18(27)9-6-16;1-24-14-15(4-7-20(24)27)21(28)25-11-8-22(9-12-25)19-3-2-10-26(19)17-6-5-16(23)13-18(17)29-22/h3-9,14H,10-13H2,1-2H3;3-10,15H,11-14H2,1-2H3;1-10,27H,11-14H2;2-7,10,13-14H,8-9,11-12H2,1H3. The number of hydrogen-bond acceptors (Lipinski definition) is 15. The minimum absolute atomic E-state index is 0.0000743. The second kappa shape index (κ2) is 31.0. The van der Waals surface area contributed by atoms with Crippen LogP contribution in [0.5, 0.6) is 40.2 Å². The van der Waals surface area contributed by atoms with E-state index < -0.39 is 22.4 Å². The van der Waals surface area contributed by atoms with E-state index in [2.05, 4.69) is 39.0 Å². The summed E-state index contributed by atoms with van der Waals surface area (Å²) < 4.78 is 46.3. The number of benzene rings is 7. The van der Waals surface area contributed by atoms with Crippen LogP contribution in [-0.4, -0.2) is 148 Å². The number of aryl methyl sites for hydroxylation is 3. The summed E-state index contributed by atoms with van der Waals surface area (Å²) in [5.74, 6) is 4.24. The van der Waals surface area contributed by atoms with Crippen molar-refractivity contribution in [3.63, 3.8) is 0 Å². The Kier molecular flexibility index (Phi) is 20.3. The number of amides is 4. The van der Waals surface area contributed by atoms with Gasteiger partial charge in [0.1, 0.15) is 63.2 Å². The molecule has 594 valence electrons. The van der Waals surface area contributed by atoms with Gasteiger partial charge in [0.05, 0.1) is 82.5 Å². The van der Waals surface area contributed by atoms with Crippen molar-refractivity contribution in [2.24, 2.45) is 21.1 Å². The minimum Gasteiger partial charge on any atom is -0.508 e. The number of pyridine rings is 1. The molecule has 0 aliphatic carbocycles. The number of aromatic nitrogens is 7. The van der Waals surface area contributed by atoms with Gasteiger partial charge in [-0.25, -0.2) is 0 Å². The number of phenolic OH excluding ortho intramolecular Hbond substituents is 1. The third-order valence-corrected chi connectivity index (χ3v) is 24.5. The van der Waals surface area contributed by atoms with Gasteiger partial charge in [0.15, 0.2) is 11.2 Å². The molecule has 0 radical (unpaired) electrons. The van der Waals surface area contributed by atoms with E-state index in [1.807, 2.05) is 188 Å². The highest BCUT2D eigenvalue weighted by Crippen LogP contribution is 2.53. The Labute approximate surface area is 685 Å². The molecular weight excluding hydrogens is 1520 g/mol. The van der Waals surface area contributed by atoms with E-state index in [-0.39, 0.29) is 34.9 Å². The molecule has 1 N–H and O–H groups in total. The van der Waals surface area contributed by atoms with Crippen molar-refractivity contribution in [1.82, 2.24) is 52.9 Å². The number of carbonyl (C=O) groups is 4. The number of rotatable bonds is 6. The van der Waals surface area contributed by atoms with E-state index in [1.54, 1.807) is 56.8 Å². The summed E-state index contributed by atoms with van der Waals surface area (Å²) in [6.45, 7) is 4.63. The first-order valence-electron chi connectivity index (χ1n) is 39.0. The van der Waals surface area contributed by atoms with Gasteiger partial charge in [0, 0.05) is 182 Å². The zero-order valence-electron chi connectivity index (χ0n) is 65.2. The van der Waals surface area contributed by atoms with Gasteiger partial charge < -0.3 is 62.3 Å². The highest BCUT2D eigenvalue weighted by Gasteiger charge is 2.50. The first-order valence-corrected chi connectivity index (χ1v) is 39.8. The van der Waals surface area contributed by atoms with Gasteiger partial charge in [-0.15, -0.1) is 0 Å². The van der Waals surface area contributed by atoms with E-state index >= 15 is 0 Å². The molecule has 26 heteroatoms. The van der Waals surface area contributed by atoms with Crippen LogP contribution in [0.3, 0.4) is 0 Å². The lowest BCUT2D eigenvalue weighted by Gasteiger charge is -2.45. The Morgan fingerprint density at radius 1 is 0.479 bits per heavy atom. The average Bonchev–Trinajstić information content (AvgIpc) is 1.65. The van der Waals surface area contributed by atoms with Crippen molar-refractivity contribution in [2.45, 2.75) is 73.8 Å². The summed E-state index contributed by atoms with van der Waals surface area (Å²) in [6.07, 6.45) is 12.9. The number of likely N-dealkylation sites (tertiary alicyclic amines) is 4. The maximum Gasteiger partial charge on any atom is 0.257 e. The van der Waals surface area contributed by atoms with Crippen molar-refractivity contribution in [3.05, 3.63) is 290 Å². The molecular formula is C91H84Cl2N12O12. The average molecular weight is 1610 g/mol. The molecule has 4 saturated heterocycles. The molecule has 0 bridgehead atoms. The molecule has 117 heavy (non-hydrogen) atoms. The highest BCUT2D eigenvalue weighted by atomic mass is 35.5. The quantitative estimate of drug-likeness (QED) is 0.163. The third-order valence-electron chi connectivity index (χ3n) is 23.9. The molecule has 4 amide bonds. The zero-order chi connectivity index (χ0) is 81.1. The molecule has 5 aromatic heterocycles. The number of hydrogen-bond donors (Lipinski definition) is 1. The van der Waals surface area contributed by atoms with E-state index in [4.69, 9.17) is 51.6 Å². The highest BCUT2D eigenvalue weighted by molar-refractivity contribution is 6.32. The van der Waals surface area contributed by atoms with E-state index in [9.17, 15) is 34.3 Å². The van der Waals surface area contributed by atoms with E-state index in [0.717, 1.165) is 92.2 Å². The second-order valence-corrected chi connectivity index (χ2v) is 31.3. The van der Waals surface area contributed by atoms with Crippen LogP contribution in [0.1, 0.15) is 121 Å². The number of ether oxygens (including phenoxy) is 6. The van der Waals surface area contributed by atoms with Crippen LogP contribution in [0.4, 0.5) is 0 Å². The molecule has 8 aliphatic heterocycles. The predicted molar refractivity (Wildman–Crippen MR) is 439 cm³/mol. The van der Waals surface area contributed by atoms with Crippen LogP contribution in [0.2, 0.25) is 10.0 Å².